The number of ether oxygens (including phenoxy) is 1. The van der Waals surface area contributed by atoms with Gasteiger partial charge in [0.2, 0.25) is 0 Å². The molecule has 0 saturated carbocycles. The molecule has 0 saturated heterocycles. The minimum atomic E-state index is -0.117. The van der Waals surface area contributed by atoms with Crippen molar-refractivity contribution >= 4 is 17.3 Å². The predicted molar refractivity (Wildman–Crippen MR) is 72.2 cm³/mol. The topological polar surface area (TPSA) is 62.4 Å². The number of rotatable bonds is 4. The zero-order valence-corrected chi connectivity index (χ0v) is 11.0. The molecule has 5 nitrogen and oxygen atoms in total. The van der Waals surface area contributed by atoms with E-state index in [9.17, 15) is 4.79 Å². The Bertz CT molecular complexity index is 458. The third-order valence-corrected chi connectivity index (χ3v) is 2.71. The molecule has 0 aliphatic carbocycles. The number of fused-ring (bicyclic) bond motifs is 1. The number of carbonyl (C=O) groups is 1. The summed E-state index contributed by atoms with van der Waals surface area (Å²) in [6, 6.07) is 5.71. The Morgan fingerprint density at radius 3 is 2.94 bits per heavy atom. The van der Waals surface area contributed by atoms with Gasteiger partial charge < -0.3 is 20.7 Å². The second kappa shape index (κ2) is 4.86. The monoisotopic (exact) mass is 249 g/mol. The lowest BCUT2D eigenvalue weighted by Gasteiger charge is -2.28. The quantitative estimate of drug-likeness (QED) is 0.755. The Kier molecular flexibility index (Phi) is 3.43. The third-order valence-electron chi connectivity index (χ3n) is 2.71. The molecule has 0 atom stereocenters. The molecule has 1 heterocycles. The summed E-state index contributed by atoms with van der Waals surface area (Å²) in [5, 5.41) is 9.35. The lowest BCUT2D eigenvalue weighted by Crippen LogP contribution is -2.40. The normalized spacial score (nSPS) is 14.5. The minimum absolute atomic E-state index is 0.0669. The standard InChI is InChI=1S/C13H19N3O2/c1-13(2,8-14-3)16-9-4-5-11-10(6-9)15-12(17)7-18-11/h4-6,14,16H,7-8H2,1-3H3,(H,15,17). The molecule has 3 N–H and O–H groups in total. The van der Waals surface area contributed by atoms with Crippen LogP contribution in [0.2, 0.25) is 0 Å². The SMILES string of the molecule is CNCC(C)(C)Nc1ccc2c(c1)NC(=O)CO2. The van der Waals surface area contributed by atoms with Gasteiger partial charge in [-0.3, -0.25) is 4.79 Å². The summed E-state index contributed by atoms with van der Waals surface area (Å²) in [6.07, 6.45) is 0. The van der Waals surface area contributed by atoms with Gasteiger partial charge in [-0.25, -0.2) is 0 Å². The molecule has 0 radical (unpaired) electrons. The number of likely N-dealkylation sites (N-methyl/N-ethyl adjacent to an activating group) is 1. The second-order valence-electron chi connectivity index (χ2n) is 5.09. The zero-order valence-electron chi connectivity index (χ0n) is 11.0. The average Bonchev–Trinajstić information content (AvgIpc) is 2.27. The molecule has 1 aromatic carbocycles. The molecule has 1 aliphatic rings. The van der Waals surface area contributed by atoms with Crippen molar-refractivity contribution in [3.8, 4) is 5.75 Å². The molecule has 0 spiro atoms. The number of carbonyl (C=O) groups excluding carboxylic acids is 1. The van der Waals surface area contributed by atoms with Crippen LogP contribution in [0.25, 0.3) is 0 Å². The predicted octanol–water partition coefficient (Wildman–Crippen LogP) is 1.43. The number of nitrogens with one attached hydrogen (secondary N) is 3. The van der Waals surface area contributed by atoms with Crippen molar-refractivity contribution in [1.82, 2.24) is 5.32 Å². The van der Waals surface area contributed by atoms with Gasteiger partial charge in [-0.05, 0) is 39.1 Å². The number of amides is 1. The van der Waals surface area contributed by atoms with Crippen LogP contribution in [0.15, 0.2) is 18.2 Å². The number of benzene rings is 1. The van der Waals surface area contributed by atoms with Crippen LogP contribution in [0.1, 0.15) is 13.8 Å². The minimum Gasteiger partial charge on any atom is -0.482 e. The first kappa shape index (κ1) is 12.7. The highest BCUT2D eigenvalue weighted by Crippen LogP contribution is 2.31. The molecule has 5 heteroatoms. The van der Waals surface area contributed by atoms with E-state index in [1.54, 1.807) is 0 Å². The highest BCUT2D eigenvalue weighted by molar-refractivity contribution is 5.96. The van der Waals surface area contributed by atoms with Gasteiger partial charge >= 0.3 is 0 Å². The second-order valence-corrected chi connectivity index (χ2v) is 5.09. The van der Waals surface area contributed by atoms with E-state index >= 15 is 0 Å². The van der Waals surface area contributed by atoms with Gasteiger partial charge in [0.05, 0.1) is 5.69 Å². The van der Waals surface area contributed by atoms with Gasteiger partial charge in [-0.15, -0.1) is 0 Å². The molecule has 1 aromatic rings. The van der Waals surface area contributed by atoms with Crippen LogP contribution in [0.4, 0.5) is 11.4 Å². The Hall–Kier alpha value is -1.75. The highest BCUT2D eigenvalue weighted by atomic mass is 16.5. The Labute approximate surface area is 107 Å². The highest BCUT2D eigenvalue weighted by Gasteiger charge is 2.19. The van der Waals surface area contributed by atoms with Gasteiger partial charge in [0, 0.05) is 17.8 Å². The lowest BCUT2D eigenvalue weighted by atomic mass is 10.0. The summed E-state index contributed by atoms with van der Waals surface area (Å²) in [5.41, 5.74) is 1.61. The summed E-state index contributed by atoms with van der Waals surface area (Å²) < 4.78 is 5.32. The van der Waals surface area contributed by atoms with Crippen molar-refractivity contribution in [2.75, 3.05) is 30.8 Å². The Morgan fingerprint density at radius 2 is 2.22 bits per heavy atom. The number of hydrogen-bond donors (Lipinski definition) is 3. The third kappa shape index (κ3) is 2.92. The van der Waals surface area contributed by atoms with Crippen molar-refractivity contribution in [2.45, 2.75) is 19.4 Å². The van der Waals surface area contributed by atoms with E-state index in [1.165, 1.54) is 0 Å². The molecule has 0 unspecified atom stereocenters. The van der Waals surface area contributed by atoms with Crippen molar-refractivity contribution in [1.29, 1.82) is 0 Å². The summed E-state index contributed by atoms with van der Waals surface area (Å²) in [7, 11) is 1.92. The van der Waals surface area contributed by atoms with E-state index in [2.05, 4.69) is 29.8 Å². The first-order valence-corrected chi connectivity index (χ1v) is 6.00. The van der Waals surface area contributed by atoms with Gasteiger partial charge in [0.1, 0.15) is 5.75 Å². The summed E-state index contributed by atoms with van der Waals surface area (Å²) in [4.78, 5) is 11.3. The molecule has 98 valence electrons. The smallest absolute Gasteiger partial charge is 0.262 e. The molecule has 1 aliphatic heterocycles. The van der Waals surface area contributed by atoms with E-state index in [1.807, 2.05) is 25.2 Å². The fourth-order valence-corrected chi connectivity index (χ4v) is 2.04. The Morgan fingerprint density at radius 1 is 1.44 bits per heavy atom. The number of hydrogen-bond acceptors (Lipinski definition) is 4. The molecule has 0 bridgehead atoms. The van der Waals surface area contributed by atoms with E-state index in [0.29, 0.717) is 5.75 Å². The maximum absolute atomic E-state index is 11.3. The van der Waals surface area contributed by atoms with E-state index < -0.39 is 0 Å². The fourth-order valence-electron chi connectivity index (χ4n) is 2.04. The maximum Gasteiger partial charge on any atom is 0.262 e. The maximum atomic E-state index is 11.3. The van der Waals surface area contributed by atoms with E-state index in [-0.39, 0.29) is 18.1 Å². The van der Waals surface area contributed by atoms with Crippen LogP contribution < -0.4 is 20.7 Å². The Balaban J connectivity index is 2.16. The fraction of sp³-hybridized carbons (Fsp3) is 0.462. The van der Waals surface area contributed by atoms with Crippen LogP contribution in [0, 0.1) is 0 Å². The molecular weight excluding hydrogens is 230 g/mol. The molecule has 0 fully saturated rings. The van der Waals surface area contributed by atoms with Crippen LogP contribution >= 0.6 is 0 Å². The van der Waals surface area contributed by atoms with E-state index in [0.717, 1.165) is 17.9 Å². The summed E-state index contributed by atoms with van der Waals surface area (Å²) in [6.45, 7) is 5.15. The zero-order chi connectivity index (χ0) is 13.2. The molecule has 1 amide bonds. The first-order valence-electron chi connectivity index (χ1n) is 6.00. The van der Waals surface area contributed by atoms with Crippen LogP contribution in [-0.4, -0.2) is 31.6 Å². The van der Waals surface area contributed by atoms with Gasteiger partial charge in [-0.1, -0.05) is 0 Å². The van der Waals surface area contributed by atoms with Crippen LogP contribution in [0.5, 0.6) is 5.75 Å². The summed E-state index contributed by atoms with van der Waals surface area (Å²) in [5.74, 6) is 0.598. The van der Waals surface area contributed by atoms with Crippen LogP contribution in [-0.2, 0) is 4.79 Å². The summed E-state index contributed by atoms with van der Waals surface area (Å²) >= 11 is 0. The van der Waals surface area contributed by atoms with E-state index in [4.69, 9.17) is 4.74 Å². The first-order chi connectivity index (χ1) is 8.50. The van der Waals surface area contributed by atoms with Gasteiger partial charge in [-0.2, -0.15) is 0 Å². The molecule has 18 heavy (non-hydrogen) atoms. The molecule has 2 rings (SSSR count). The largest absolute Gasteiger partial charge is 0.482 e. The van der Waals surface area contributed by atoms with Gasteiger partial charge in [0.25, 0.3) is 5.91 Å². The van der Waals surface area contributed by atoms with Gasteiger partial charge in [0.15, 0.2) is 6.61 Å². The number of anilines is 2. The molecular formula is C13H19N3O2. The van der Waals surface area contributed by atoms with Crippen molar-refractivity contribution in [3.63, 3.8) is 0 Å². The average molecular weight is 249 g/mol. The van der Waals surface area contributed by atoms with Crippen molar-refractivity contribution in [3.05, 3.63) is 18.2 Å². The lowest BCUT2D eigenvalue weighted by molar-refractivity contribution is -0.118. The van der Waals surface area contributed by atoms with Crippen molar-refractivity contribution in [2.24, 2.45) is 0 Å². The van der Waals surface area contributed by atoms with Crippen LogP contribution in [0.3, 0.4) is 0 Å². The van der Waals surface area contributed by atoms with Crippen molar-refractivity contribution < 1.29 is 9.53 Å². The molecule has 0 aromatic heterocycles.